The Kier molecular flexibility index (Phi) is 7.50. The zero-order valence-corrected chi connectivity index (χ0v) is 13.6. The number of carbonyl (C=O) groups excluding carboxylic acids is 2. The van der Waals surface area contributed by atoms with Crippen molar-refractivity contribution in [1.82, 2.24) is 10.2 Å². The Morgan fingerprint density at radius 2 is 1.90 bits per heavy atom. The van der Waals surface area contributed by atoms with Gasteiger partial charge in [-0.05, 0) is 45.3 Å². The molecule has 0 aliphatic rings. The first kappa shape index (κ1) is 17.8. The van der Waals surface area contributed by atoms with Crippen LogP contribution in [-0.4, -0.2) is 43.9 Å². The number of nitrogens with one attached hydrogen (secondary N) is 2. The SMILES string of the molecule is CN(C)CCCNC(=O)CC(=O)Nc1ccc(Cl)cc1Cl. The van der Waals surface area contributed by atoms with E-state index in [1.165, 1.54) is 6.07 Å². The molecule has 116 valence electrons. The van der Waals surface area contributed by atoms with Crippen molar-refractivity contribution in [2.45, 2.75) is 12.8 Å². The highest BCUT2D eigenvalue weighted by Crippen LogP contribution is 2.25. The van der Waals surface area contributed by atoms with Crippen molar-refractivity contribution in [2.24, 2.45) is 0 Å². The monoisotopic (exact) mass is 331 g/mol. The lowest BCUT2D eigenvalue weighted by Gasteiger charge is -2.10. The third-order valence-corrected chi connectivity index (χ3v) is 3.18. The first-order chi connectivity index (χ1) is 9.88. The van der Waals surface area contributed by atoms with E-state index >= 15 is 0 Å². The summed E-state index contributed by atoms with van der Waals surface area (Å²) in [6, 6.07) is 4.74. The van der Waals surface area contributed by atoms with Gasteiger partial charge in [0.25, 0.3) is 0 Å². The minimum absolute atomic E-state index is 0.235. The van der Waals surface area contributed by atoms with Crippen molar-refractivity contribution in [2.75, 3.05) is 32.5 Å². The molecule has 0 saturated heterocycles. The fraction of sp³-hybridized carbons (Fsp3) is 0.429. The highest BCUT2D eigenvalue weighted by Gasteiger charge is 2.11. The highest BCUT2D eigenvalue weighted by molar-refractivity contribution is 6.36. The minimum Gasteiger partial charge on any atom is -0.356 e. The Bertz CT molecular complexity index is 507. The van der Waals surface area contributed by atoms with Crippen LogP contribution in [0.2, 0.25) is 10.0 Å². The molecule has 0 aromatic heterocycles. The van der Waals surface area contributed by atoms with Gasteiger partial charge in [0.1, 0.15) is 6.42 Å². The summed E-state index contributed by atoms with van der Waals surface area (Å²) >= 11 is 11.7. The second-order valence-corrected chi connectivity index (χ2v) is 5.70. The average Bonchev–Trinajstić information content (AvgIpc) is 2.38. The number of hydrogen-bond donors (Lipinski definition) is 2. The molecule has 0 unspecified atom stereocenters. The zero-order chi connectivity index (χ0) is 15.8. The molecule has 2 N–H and O–H groups in total. The summed E-state index contributed by atoms with van der Waals surface area (Å²) < 4.78 is 0. The number of benzene rings is 1. The van der Waals surface area contributed by atoms with E-state index in [0.29, 0.717) is 22.3 Å². The lowest BCUT2D eigenvalue weighted by Crippen LogP contribution is -2.30. The van der Waals surface area contributed by atoms with Crippen molar-refractivity contribution < 1.29 is 9.59 Å². The highest BCUT2D eigenvalue weighted by atomic mass is 35.5. The Labute approximate surface area is 134 Å². The standard InChI is InChI=1S/C14H19Cl2N3O2/c1-19(2)7-3-6-17-13(20)9-14(21)18-12-5-4-10(15)8-11(12)16/h4-5,8H,3,6-7,9H2,1-2H3,(H,17,20)(H,18,21). The third-order valence-electron chi connectivity index (χ3n) is 2.63. The maximum absolute atomic E-state index is 11.7. The van der Waals surface area contributed by atoms with Gasteiger partial charge < -0.3 is 15.5 Å². The van der Waals surface area contributed by atoms with Crippen LogP contribution in [0, 0.1) is 0 Å². The molecular formula is C14H19Cl2N3O2. The Morgan fingerprint density at radius 1 is 1.19 bits per heavy atom. The minimum atomic E-state index is -0.413. The third kappa shape index (κ3) is 7.32. The smallest absolute Gasteiger partial charge is 0.233 e. The van der Waals surface area contributed by atoms with Crippen LogP contribution in [0.3, 0.4) is 0 Å². The van der Waals surface area contributed by atoms with Gasteiger partial charge in [0.05, 0.1) is 10.7 Å². The number of anilines is 1. The van der Waals surface area contributed by atoms with Crippen LogP contribution in [0.5, 0.6) is 0 Å². The molecule has 0 heterocycles. The van der Waals surface area contributed by atoms with Gasteiger partial charge in [-0.1, -0.05) is 23.2 Å². The Hall–Kier alpha value is -1.30. The molecule has 0 aliphatic carbocycles. The van der Waals surface area contributed by atoms with E-state index in [1.807, 2.05) is 19.0 Å². The van der Waals surface area contributed by atoms with Crippen molar-refractivity contribution in [1.29, 1.82) is 0 Å². The van der Waals surface area contributed by atoms with Gasteiger partial charge in [-0.3, -0.25) is 9.59 Å². The van der Waals surface area contributed by atoms with Crippen LogP contribution in [0.15, 0.2) is 18.2 Å². The van der Waals surface area contributed by atoms with Crippen LogP contribution >= 0.6 is 23.2 Å². The predicted molar refractivity (Wildman–Crippen MR) is 85.9 cm³/mol. The first-order valence-corrected chi connectivity index (χ1v) is 7.30. The van der Waals surface area contributed by atoms with E-state index in [0.717, 1.165) is 13.0 Å². The van der Waals surface area contributed by atoms with Crippen molar-refractivity contribution in [3.63, 3.8) is 0 Å². The van der Waals surface area contributed by atoms with Gasteiger partial charge in [0.2, 0.25) is 11.8 Å². The number of rotatable bonds is 7. The molecule has 0 fully saturated rings. The molecule has 2 amide bonds. The molecule has 21 heavy (non-hydrogen) atoms. The summed E-state index contributed by atoms with van der Waals surface area (Å²) in [6.07, 6.45) is 0.601. The van der Waals surface area contributed by atoms with Gasteiger partial charge in [-0.15, -0.1) is 0 Å². The lowest BCUT2D eigenvalue weighted by atomic mass is 10.3. The maximum Gasteiger partial charge on any atom is 0.233 e. The van der Waals surface area contributed by atoms with Gasteiger partial charge in [0, 0.05) is 11.6 Å². The number of nitrogens with zero attached hydrogens (tertiary/aromatic N) is 1. The molecule has 0 radical (unpaired) electrons. The number of amides is 2. The number of hydrogen-bond acceptors (Lipinski definition) is 3. The largest absolute Gasteiger partial charge is 0.356 e. The molecular weight excluding hydrogens is 313 g/mol. The molecule has 1 aromatic carbocycles. The zero-order valence-electron chi connectivity index (χ0n) is 12.1. The van der Waals surface area contributed by atoms with E-state index in [1.54, 1.807) is 12.1 Å². The van der Waals surface area contributed by atoms with Gasteiger partial charge >= 0.3 is 0 Å². The summed E-state index contributed by atoms with van der Waals surface area (Å²) in [7, 11) is 3.93. The summed E-state index contributed by atoms with van der Waals surface area (Å²) in [5, 5.41) is 6.09. The molecule has 0 aliphatic heterocycles. The summed E-state index contributed by atoms with van der Waals surface area (Å²) in [4.78, 5) is 25.3. The molecule has 5 nitrogen and oxygen atoms in total. The van der Waals surface area contributed by atoms with Gasteiger partial charge in [-0.2, -0.15) is 0 Å². The Balaban J connectivity index is 2.34. The molecule has 0 bridgehead atoms. The van der Waals surface area contributed by atoms with Crippen LogP contribution in [0.4, 0.5) is 5.69 Å². The van der Waals surface area contributed by atoms with Crippen LogP contribution < -0.4 is 10.6 Å². The quantitative estimate of drug-likeness (QED) is 0.595. The van der Waals surface area contributed by atoms with E-state index in [4.69, 9.17) is 23.2 Å². The summed E-state index contributed by atoms with van der Waals surface area (Å²) in [5.41, 5.74) is 0.437. The van der Waals surface area contributed by atoms with Gasteiger partial charge in [0.15, 0.2) is 0 Å². The van der Waals surface area contributed by atoms with Crippen LogP contribution in [0.25, 0.3) is 0 Å². The normalized spacial score (nSPS) is 10.5. The second-order valence-electron chi connectivity index (χ2n) is 4.86. The van der Waals surface area contributed by atoms with Crippen molar-refractivity contribution >= 4 is 40.7 Å². The molecule has 7 heteroatoms. The molecule has 1 aromatic rings. The van der Waals surface area contributed by atoms with Gasteiger partial charge in [-0.25, -0.2) is 0 Å². The molecule has 0 spiro atoms. The fourth-order valence-electron chi connectivity index (χ4n) is 1.62. The van der Waals surface area contributed by atoms with Crippen LogP contribution in [0.1, 0.15) is 12.8 Å². The lowest BCUT2D eigenvalue weighted by molar-refractivity contribution is -0.126. The maximum atomic E-state index is 11.7. The van der Waals surface area contributed by atoms with Crippen molar-refractivity contribution in [3.8, 4) is 0 Å². The molecule has 0 saturated carbocycles. The van der Waals surface area contributed by atoms with E-state index in [-0.39, 0.29) is 12.3 Å². The number of carbonyl (C=O) groups is 2. The molecule has 0 atom stereocenters. The Morgan fingerprint density at radius 3 is 2.52 bits per heavy atom. The predicted octanol–water partition coefficient (Wildman–Crippen LogP) is 2.39. The van der Waals surface area contributed by atoms with E-state index < -0.39 is 5.91 Å². The van der Waals surface area contributed by atoms with E-state index in [9.17, 15) is 9.59 Å². The molecule has 1 rings (SSSR count). The second kappa shape index (κ2) is 8.87. The summed E-state index contributed by atoms with van der Waals surface area (Å²) in [6.45, 7) is 1.43. The fourth-order valence-corrected chi connectivity index (χ4v) is 2.07. The van der Waals surface area contributed by atoms with E-state index in [2.05, 4.69) is 10.6 Å². The topological polar surface area (TPSA) is 61.4 Å². The van der Waals surface area contributed by atoms with Crippen molar-refractivity contribution in [3.05, 3.63) is 28.2 Å². The summed E-state index contributed by atoms with van der Waals surface area (Å²) in [5.74, 6) is -0.722. The average molecular weight is 332 g/mol. The first-order valence-electron chi connectivity index (χ1n) is 6.55. The number of halogens is 2. The van der Waals surface area contributed by atoms with Crippen LogP contribution in [-0.2, 0) is 9.59 Å².